The van der Waals surface area contributed by atoms with Gasteiger partial charge in [0, 0.05) is 5.69 Å². The van der Waals surface area contributed by atoms with Crippen molar-refractivity contribution in [1.82, 2.24) is 4.98 Å². The highest BCUT2D eigenvalue weighted by Gasteiger charge is 2.12. The number of hydrogen-bond acceptors (Lipinski definition) is 3. The zero-order valence-corrected chi connectivity index (χ0v) is 11.4. The zero-order chi connectivity index (χ0) is 13.8. The number of rotatable bonds is 3. The molecule has 0 aliphatic heterocycles. The Balaban J connectivity index is 2.47. The second-order valence-corrected chi connectivity index (χ2v) is 4.44. The van der Waals surface area contributed by atoms with Crippen molar-refractivity contribution in [1.29, 1.82) is 5.26 Å². The second-order valence-electron chi connectivity index (χ2n) is 4.44. The first-order chi connectivity index (χ1) is 9.15. The minimum Gasteiger partial charge on any atom is -0.437 e. The number of nitrogens with zero attached hydrogens (tertiary/aromatic N) is 2. The first-order valence-corrected chi connectivity index (χ1v) is 6.29. The maximum absolute atomic E-state index is 9.22. The molecule has 0 N–H and O–H groups in total. The van der Waals surface area contributed by atoms with E-state index in [-0.39, 0.29) is 0 Å². The van der Waals surface area contributed by atoms with Gasteiger partial charge in [-0.05, 0) is 43.5 Å². The number of para-hydroxylation sites is 1. The molecule has 19 heavy (non-hydrogen) atoms. The summed E-state index contributed by atoms with van der Waals surface area (Å²) in [5.74, 6) is 1.15. The van der Waals surface area contributed by atoms with Crippen LogP contribution in [0.3, 0.4) is 0 Å². The van der Waals surface area contributed by atoms with Crippen LogP contribution in [0.1, 0.15) is 29.3 Å². The molecule has 0 fully saturated rings. The maximum Gasteiger partial charge on any atom is 0.237 e. The van der Waals surface area contributed by atoms with Crippen LogP contribution in [-0.4, -0.2) is 4.98 Å². The summed E-state index contributed by atoms with van der Waals surface area (Å²) in [6.07, 6.45) is 0.878. The Kier molecular flexibility index (Phi) is 3.82. The number of benzene rings is 1. The molecule has 0 spiro atoms. The molecule has 1 aromatic heterocycles. The third-order valence-corrected chi connectivity index (χ3v) is 2.98. The molecule has 0 atom stereocenters. The molecule has 0 amide bonds. The standard InChI is InChI=1S/C16H16N2O/c1-4-13-7-5-6-8-15(13)19-16-14(10-17)11(2)9-12(3)18-16/h5-9H,4H2,1-3H3. The van der Waals surface area contributed by atoms with E-state index in [0.29, 0.717) is 11.4 Å². The first-order valence-electron chi connectivity index (χ1n) is 6.29. The summed E-state index contributed by atoms with van der Waals surface area (Å²) in [7, 11) is 0. The molecule has 2 rings (SSSR count). The van der Waals surface area contributed by atoms with Crippen molar-refractivity contribution in [2.75, 3.05) is 0 Å². The Morgan fingerprint density at radius 3 is 2.68 bits per heavy atom. The number of hydrogen-bond donors (Lipinski definition) is 0. The Bertz CT molecular complexity index is 642. The van der Waals surface area contributed by atoms with E-state index in [1.165, 1.54) is 0 Å². The molecule has 1 heterocycles. The molecule has 96 valence electrons. The molecular formula is C16H16N2O. The third kappa shape index (κ3) is 2.74. The van der Waals surface area contributed by atoms with Crippen molar-refractivity contribution in [2.45, 2.75) is 27.2 Å². The van der Waals surface area contributed by atoms with Gasteiger partial charge in [0.1, 0.15) is 17.4 Å². The second kappa shape index (κ2) is 5.53. The number of aromatic nitrogens is 1. The largest absolute Gasteiger partial charge is 0.437 e. The topological polar surface area (TPSA) is 45.9 Å². The lowest BCUT2D eigenvalue weighted by Crippen LogP contribution is -1.98. The minimum absolute atomic E-state index is 0.390. The third-order valence-electron chi connectivity index (χ3n) is 2.98. The fourth-order valence-electron chi connectivity index (χ4n) is 2.01. The van der Waals surface area contributed by atoms with E-state index in [2.05, 4.69) is 18.0 Å². The molecule has 3 heteroatoms. The summed E-state index contributed by atoms with van der Waals surface area (Å²) in [6.45, 7) is 5.86. The summed E-state index contributed by atoms with van der Waals surface area (Å²) in [6, 6.07) is 11.9. The van der Waals surface area contributed by atoms with E-state index in [0.717, 1.165) is 29.0 Å². The van der Waals surface area contributed by atoms with Crippen molar-refractivity contribution in [3.05, 3.63) is 52.7 Å². The van der Waals surface area contributed by atoms with Crippen LogP contribution in [0.2, 0.25) is 0 Å². The number of aryl methyl sites for hydroxylation is 3. The highest BCUT2D eigenvalue weighted by molar-refractivity contribution is 5.47. The highest BCUT2D eigenvalue weighted by Crippen LogP contribution is 2.28. The predicted molar refractivity (Wildman–Crippen MR) is 74.3 cm³/mol. The lowest BCUT2D eigenvalue weighted by Gasteiger charge is -2.11. The first kappa shape index (κ1) is 13.1. The van der Waals surface area contributed by atoms with Crippen LogP contribution in [0.25, 0.3) is 0 Å². The van der Waals surface area contributed by atoms with E-state index in [1.807, 2.05) is 44.2 Å². The molecule has 0 saturated carbocycles. The molecule has 0 aliphatic rings. The van der Waals surface area contributed by atoms with Crippen molar-refractivity contribution < 1.29 is 4.74 Å². The van der Waals surface area contributed by atoms with Gasteiger partial charge in [0.05, 0.1) is 0 Å². The monoisotopic (exact) mass is 252 g/mol. The Morgan fingerprint density at radius 1 is 1.26 bits per heavy atom. The molecule has 2 aromatic rings. The average molecular weight is 252 g/mol. The fraction of sp³-hybridized carbons (Fsp3) is 0.250. The summed E-state index contributed by atoms with van der Waals surface area (Å²) >= 11 is 0. The Labute approximate surface area is 113 Å². The van der Waals surface area contributed by atoms with E-state index >= 15 is 0 Å². The van der Waals surface area contributed by atoms with E-state index in [4.69, 9.17) is 4.74 Å². The van der Waals surface area contributed by atoms with Crippen molar-refractivity contribution in [3.63, 3.8) is 0 Å². The summed E-state index contributed by atoms with van der Waals surface area (Å²) in [5, 5.41) is 9.22. The SMILES string of the molecule is CCc1ccccc1Oc1nc(C)cc(C)c1C#N. The van der Waals surface area contributed by atoms with Gasteiger partial charge >= 0.3 is 0 Å². The van der Waals surface area contributed by atoms with Gasteiger partial charge in [0.2, 0.25) is 5.88 Å². The van der Waals surface area contributed by atoms with Crippen LogP contribution in [0, 0.1) is 25.2 Å². The molecule has 0 unspecified atom stereocenters. The molecular weight excluding hydrogens is 236 g/mol. The minimum atomic E-state index is 0.390. The highest BCUT2D eigenvalue weighted by atomic mass is 16.5. The van der Waals surface area contributed by atoms with Crippen LogP contribution < -0.4 is 4.74 Å². The van der Waals surface area contributed by atoms with Gasteiger partial charge in [-0.25, -0.2) is 4.98 Å². The smallest absolute Gasteiger partial charge is 0.237 e. The predicted octanol–water partition coefficient (Wildman–Crippen LogP) is 3.92. The molecule has 3 nitrogen and oxygen atoms in total. The fourth-order valence-corrected chi connectivity index (χ4v) is 2.01. The van der Waals surface area contributed by atoms with Crippen LogP contribution >= 0.6 is 0 Å². The van der Waals surface area contributed by atoms with Gasteiger partial charge in [0.15, 0.2) is 0 Å². The molecule has 1 aromatic carbocycles. The normalized spacial score (nSPS) is 10.0. The van der Waals surface area contributed by atoms with Crippen LogP contribution in [-0.2, 0) is 6.42 Å². The summed E-state index contributed by atoms with van der Waals surface area (Å²) < 4.78 is 5.85. The number of nitriles is 1. The number of pyridine rings is 1. The molecule has 0 aliphatic carbocycles. The molecule has 0 saturated heterocycles. The van der Waals surface area contributed by atoms with E-state index < -0.39 is 0 Å². The number of ether oxygens (including phenoxy) is 1. The van der Waals surface area contributed by atoms with E-state index in [9.17, 15) is 5.26 Å². The summed E-state index contributed by atoms with van der Waals surface area (Å²) in [4.78, 5) is 4.33. The molecule has 0 radical (unpaired) electrons. The van der Waals surface area contributed by atoms with Gasteiger partial charge in [0.25, 0.3) is 0 Å². The van der Waals surface area contributed by atoms with Crippen LogP contribution in [0.4, 0.5) is 0 Å². The van der Waals surface area contributed by atoms with Crippen LogP contribution in [0.15, 0.2) is 30.3 Å². The van der Waals surface area contributed by atoms with Gasteiger partial charge in [-0.2, -0.15) is 5.26 Å². The average Bonchev–Trinajstić information content (AvgIpc) is 2.39. The van der Waals surface area contributed by atoms with Gasteiger partial charge in [-0.15, -0.1) is 0 Å². The lowest BCUT2D eigenvalue weighted by atomic mass is 10.1. The van der Waals surface area contributed by atoms with Crippen molar-refractivity contribution in [2.24, 2.45) is 0 Å². The molecule has 0 bridgehead atoms. The zero-order valence-electron chi connectivity index (χ0n) is 11.4. The van der Waals surface area contributed by atoms with Gasteiger partial charge in [-0.3, -0.25) is 0 Å². The maximum atomic E-state index is 9.22. The van der Waals surface area contributed by atoms with Gasteiger partial charge in [-0.1, -0.05) is 25.1 Å². The Hall–Kier alpha value is -2.34. The van der Waals surface area contributed by atoms with Crippen molar-refractivity contribution in [3.8, 4) is 17.7 Å². The lowest BCUT2D eigenvalue weighted by molar-refractivity contribution is 0.454. The van der Waals surface area contributed by atoms with Crippen LogP contribution in [0.5, 0.6) is 11.6 Å². The quantitative estimate of drug-likeness (QED) is 0.831. The van der Waals surface area contributed by atoms with Crippen molar-refractivity contribution >= 4 is 0 Å². The van der Waals surface area contributed by atoms with E-state index in [1.54, 1.807) is 0 Å². The van der Waals surface area contributed by atoms with Gasteiger partial charge < -0.3 is 4.74 Å². The summed E-state index contributed by atoms with van der Waals surface area (Å²) in [5.41, 5.74) is 3.34. The Morgan fingerprint density at radius 2 is 2.00 bits per heavy atom.